The lowest BCUT2D eigenvalue weighted by Crippen LogP contribution is -2.56. The number of piperazine rings is 1. The number of nitrogens with zero attached hydrogens (tertiary/aromatic N) is 3. The van der Waals surface area contributed by atoms with Crippen LogP contribution in [-0.2, 0) is 22.7 Å². The number of hydrogen-bond acceptors (Lipinski definition) is 5. The highest BCUT2D eigenvalue weighted by Gasteiger charge is 2.40. The Morgan fingerprint density at radius 1 is 1.20 bits per heavy atom. The average molecular weight is 495 g/mol. The van der Waals surface area contributed by atoms with Crippen molar-refractivity contribution in [2.24, 2.45) is 0 Å². The Hall–Kier alpha value is -2.85. The quantitative estimate of drug-likeness (QED) is 0.507. The van der Waals surface area contributed by atoms with E-state index in [-0.39, 0.29) is 18.0 Å². The summed E-state index contributed by atoms with van der Waals surface area (Å²) < 4.78 is 5.38. The van der Waals surface area contributed by atoms with E-state index in [1.54, 1.807) is 19.2 Å². The number of amides is 1. The number of methoxy groups -OCH3 is 1. The maximum Gasteiger partial charge on any atom is 0.271 e. The molecule has 0 radical (unpaired) electrons. The van der Waals surface area contributed by atoms with Crippen LogP contribution >= 0.6 is 11.6 Å². The Morgan fingerprint density at radius 2 is 1.94 bits per heavy atom. The molecule has 2 aliphatic heterocycles. The topological polar surface area (TPSA) is 68.6 Å². The minimum Gasteiger partial charge on any atom is -0.380 e. The van der Waals surface area contributed by atoms with Gasteiger partial charge in [-0.05, 0) is 53.5 Å². The third-order valence-electron chi connectivity index (χ3n) is 6.25. The number of ether oxygens (including phenoxy) is 1. The van der Waals surface area contributed by atoms with E-state index in [2.05, 4.69) is 23.4 Å². The molecule has 6 nitrogen and oxygen atoms in total. The van der Waals surface area contributed by atoms with Crippen molar-refractivity contribution < 1.29 is 9.53 Å². The van der Waals surface area contributed by atoms with Gasteiger partial charge in [-0.15, -0.1) is 0 Å². The second kappa shape index (κ2) is 12.7. The zero-order valence-corrected chi connectivity index (χ0v) is 21.8. The van der Waals surface area contributed by atoms with Crippen LogP contribution in [0.4, 0.5) is 0 Å². The van der Waals surface area contributed by atoms with E-state index in [0.717, 1.165) is 36.0 Å². The fourth-order valence-electron chi connectivity index (χ4n) is 4.57. The lowest BCUT2D eigenvalue weighted by atomic mass is 10.0. The van der Waals surface area contributed by atoms with Crippen molar-refractivity contribution in [3.63, 3.8) is 0 Å². The summed E-state index contributed by atoms with van der Waals surface area (Å²) in [5, 5.41) is 11.8. The van der Waals surface area contributed by atoms with Crippen molar-refractivity contribution in [3.8, 4) is 6.07 Å². The van der Waals surface area contributed by atoms with Crippen LogP contribution in [0.25, 0.3) is 0 Å². The summed E-state index contributed by atoms with van der Waals surface area (Å²) in [6.07, 6.45) is 5.21. The van der Waals surface area contributed by atoms with Crippen molar-refractivity contribution in [2.45, 2.75) is 65.3 Å². The Labute approximate surface area is 214 Å². The summed E-state index contributed by atoms with van der Waals surface area (Å²) in [5.41, 5.74) is 7.98. The standard InChI is InChI=1S/C26H29ClN4O2.C2H6/c1-3-4-5-22-16-30(15-19-8-6-18(14-28)7-9-19)26(32)25-13-24(29-31(22)25)23-11-10-21(27)12-20(23)17-33-2;1-2/h6-13,22,24,29H,3-5,15-17H2,1-2H3;1-2H3. The zero-order chi connectivity index (χ0) is 25.4. The molecule has 2 aromatic rings. The fourth-order valence-corrected chi connectivity index (χ4v) is 4.77. The molecule has 35 heavy (non-hydrogen) atoms. The van der Waals surface area contributed by atoms with Crippen molar-refractivity contribution >= 4 is 17.5 Å². The molecule has 2 aromatic carbocycles. The number of hydrogen-bond donors (Lipinski definition) is 1. The molecular weight excluding hydrogens is 460 g/mol. The Kier molecular flexibility index (Phi) is 9.73. The van der Waals surface area contributed by atoms with Crippen molar-refractivity contribution in [3.05, 3.63) is 81.5 Å². The first-order chi connectivity index (χ1) is 17.0. The van der Waals surface area contributed by atoms with E-state index >= 15 is 0 Å². The van der Waals surface area contributed by atoms with Gasteiger partial charge in [-0.2, -0.15) is 5.26 Å². The van der Waals surface area contributed by atoms with Gasteiger partial charge in [0.25, 0.3) is 5.91 Å². The Balaban J connectivity index is 0.00000167. The predicted molar refractivity (Wildman–Crippen MR) is 139 cm³/mol. The van der Waals surface area contributed by atoms with Gasteiger partial charge in [0.05, 0.1) is 30.3 Å². The molecule has 0 saturated carbocycles. The number of fused-ring (bicyclic) bond motifs is 1. The molecule has 2 atom stereocenters. The van der Waals surface area contributed by atoms with Crippen LogP contribution in [0.3, 0.4) is 0 Å². The molecule has 0 aliphatic carbocycles. The molecule has 1 N–H and O–H groups in total. The van der Waals surface area contributed by atoms with Gasteiger partial charge in [0.1, 0.15) is 5.70 Å². The molecule has 0 aromatic heterocycles. The van der Waals surface area contributed by atoms with Crippen LogP contribution < -0.4 is 5.43 Å². The van der Waals surface area contributed by atoms with Gasteiger partial charge >= 0.3 is 0 Å². The zero-order valence-electron chi connectivity index (χ0n) is 21.1. The Morgan fingerprint density at radius 3 is 2.60 bits per heavy atom. The Bertz CT molecular complexity index is 1080. The molecule has 1 fully saturated rings. The SMILES string of the molecule is CC.CCCCC1CN(Cc2ccc(C#N)cc2)C(=O)C2=CC(c3ccc(Cl)cc3COC)NN21. The average Bonchev–Trinajstić information content (AvgIpc) is 3.33. The summed E-state index contributed by atoms with van der Waals surface area (Å²) in [7, 11) is 1.67. The lowest BCUT2D eigenvalue weighted by Gasteiger charge is -2.41. The predicted octanol–water partition coefficient (Wildman–Crippen LogP) is 5.73. The monoisotopic (exact) mass is 494 g/mol. The normalized spacial score (nSPS) is 19.0. The smallest absolute Gasteiger partial charge is 0.271 e. The molecular formula is C28H35ClN4O2. The minimum absolute atomic E-state index is 0.0179. The summed E-state index contributed by atoms with van der Waals surface area (Å²) in [6, 6.07) is 15.5. The van der Waals surface area contributed by atoms with Crippen LogP contribution in [0.5, 0.6) is 0 Å². The number of hydrazine groups is 1. The molecule has 1 saturated heterocycles. The molecule has 186 valence electrons. The van der Waals surface area contributed by atoms with Gasteiger partial charge < -0.3 is 9.64 Å². The summed E-state index contributed by atoms with van der Waals surface area (Å²) in [4.78, 5) is 15.4. The highest BCUT2D eigenvalue weighted by atomic mass is 35.5. The third kappa shape index (κ3) is 6.24. The van der Waals surface area contributed by atoms with E-state index in [1.165, 1.54) is 0 Å². The molecule has 2 aliphatic rings. The lowest BCUT2D eigenvalue weighted by molar-refractivity contribution is -0.135. The number of halogens is 1. The third-order valence-corrected chi connectivity index (χ3v) is 6.49. The highest BCUT2D eigenvalue weighted by Crippen LogP contribution is 2.34. The minimum atomic E-state index is -0.120. The number of carbonyl (C=O) groups excluding carboxylic acids is 1. The van der Waals surface area contributed by atoms with E-state index < -0.39 is 0 Å². The van der Waals surface area contributed by atoms with Crippen LogP contribution in [-0.4, -0.2) is 35.5 Å². The van der Waals surface area contributed by atoms with Gasteiger partial charge in [-0.25, -0.2) is 5.43 Å². The first-order valence-electron chi connectivity index (χ1n) is 12.4. The number of unbranched alkanes of at least 4 members (excludes halogenated alkanes) is 1. The van der Waals surface area contributed by atoms with Crippen LogP contribution in [0.2, 0.25) is 5.02 Å². The van der Waals surface area contributed by atoms with E-state index in [0.29, 0.717) is 36.0 Å². The number of carbonyl (C=O) groups is 1. The van der Waals surface area contributed by atoms with Crippen molar-refractivity contribution in [1.29, 1.82) is 5.26 Å². The molecule has 0 bridgehead atoms. The summed E-state index contributed by atoms with van der Waals surface area (Å²) in [5.74, 6) is 0.0179. The summed E-state index contributed by atoms with van der Waals surface area (Å²) in [6.45, 7) is 7.82. The van der Waals surface area contributed by atoms with E-state index in [4.69, 9.17) is 21.6 Å². The van der Waals surface area contributed by atoms with Crippen molar-refractivity contribution in [1.82, 2.24) is 15.3 Å². The molecule has 1 amide bonds. The molecule has 0 spiro atoms. The van der Waals surface area contributed by atoms with Crippen LogP contribution in [0.15, 0.2) is 54.2 Å². The highest BCUT2D eigenvalue weighted by molar-refractivity contribution is 6.30. The van der Waals surface area contributed by atoms with Gasteiger partial charge in [0.2, 0.25) is 0 Å². The van der Waals surface area contributed by atoms with Gasteiger partial charge in [0, 0.05) is 25.2 Å². The van der Waals surface area contributed by atoms with E-state index in [9.17, 15) is 4.79 Å². The van der Waals surface area contributed by atoms with Crippen LogP contribution in [0, 0.1) is 11.3 Å². The molecule has 2 heterocycles. The molecule has 2 unspecified atom stereocenters. The first-order valence-corrected chi connectivity index (χ1v) is 12.7. The number of nitrogens with one attached hydrogen (secondary N) is 1. The molecule has 7 heteroatoms. The molecule has 4 rings (SSSR count). The van der Waals surface area contributed by atoms with Gasteiger partial charge in [0.15, 0.2) is 0 Å². The largest absolute Gasteiger partial charge is 0.380 e. The maximum absolute atomic E-state index is 13.5. The van der Waals surface area contributed by atoms with Crippen molar-refractivity contribution in [2.75, 3.05) is 13.7 Å². The van der Waals surface area contributed by atoms with Crippen LogP contribution in [0.1, 0.15) is 68.3 Å². The fraction of sp³-hybridized carbons (Fsp3) is 0.429. The number of rotatable bonds is 8. The van der Waals surface area contributed by atoms with Gasteiger partial charge in [-0.1, -0.05) is 63.4 Å². The first kappa shape index (κ1) is 26.7. The number of benzene rings is 2. The van der Waals surface area contributed by atoms with E-state index in [1.807, 2.05) is 55.2 Å². The van der Waals surface area contributed by atoms with Gasteiger partial charge in [-0.3, -0.25) is 9.80 Å². The summed E-state index contributed by atoms with van der Waals surface area (Å²) >= 11 is 6.22. The second-order valence-electron chi connectivity index (χ2n) is 8.60. The second-order valence-corrected chi connectivity index (χ2v) is 9.03. The number of nitriles is 1. The maximum atomic E-state index is 13.5.